The van der Waals surface area contributed by atoms with Crippen LogP contribution < -0.4 is 5.32 Å². The van der Waals surface area contributed by atoms with E-state index in [4.69, 9.17) is 4.74 Å². The van der Waals surface area contributed by atoms with Gasteiger partial charge in [0.05, 0.1) is 25.2 Å². The Morgan fingerprint density at radius 2 is 0.771 bits per heavy atom. The molecule has 0 aliphatic heterocycles. The molecule has 0 aromatic heterocycles. The number of unbranched alkanes of at least 4 members (excludes halogenated alkanes) is 24. The summed E-state index contributed by atoms with van der Waals surface area (Å²) in [6, 6.07) is -0.728. The van der Waals surface area contributed by atoms with Crippen LogP contribution in [0.1, 0.15) is 271 Å². The first-order chi connectivity index (χ1) is 34.5. The Morgan fingerprint density at radius 1 is 0.429 bits per heavy atom. The number of hydrogen-bond acceptors (Lipinski definition) is 5. The molecular weight excluding hydrogens is 863 g/mol. The number of carbonyl (C=O) groups is 2. The molecule has 0 bridgehead atoms. The van der Waals surface area contributed by atoms with Crippen LogP contribution in [0, 0.1) is 0 Å². The topological polar surface area (TPSA) is 95.9 Å². The number of hydrogen-bond donors (Lipinski definition) is 3. The Labute approximate surface area is 433 Å². The smallest absolute Gasteiger partial charge is 0.306 e. The zero-order chi connectivity index (χ0) is 50.9. The molecule has 402 valence electrons. The largest absolute Gasteiger partial charge is 0.462 e. The number of allylic oxidation sites excluding steroid dienone is 16. The van der Waals surface area contributed by atoms with Crippen molar-refractivity contribution in [2.24, 2.45) is 0 Å². The van der Waals surface area contributed by atoms with Gasteiger partial charge in [0.1, 0.15) is 6.10 Å². The lowest BCUT2D eigenvalue weighted by Gasteiger charge is -2.24. The number of amides is 1. The third-order valence-corrected chi connectivity index (χ3v) is 12.9. The third kappa shape index (κ3) is 51.1. The van der Waals surface area contributed by atoms with Gasteiger partial charge < -0.3 is 20.3 Å². The standard InChI is InChI=1S/C64H111NO5/c1-4-7-10-13-16-19-22-25-28-30-31-33-36-39-42-45-48-51-54-57-64(69)70-60(55-52-49-46-43-40-37-34-27-24-21-18-15-12-9-6-3)58-63(68)65-61(59-66)62(67)56-53-50-47-44-41-38-35-32-29-26-23-20-17-14-11-8-5-2/h7,10,16,18-19,21,25,27-28,31,33-34,39,42,48,51,60-62,66-67H,4-6,8-9,11-15,17,20,22-24,26,29-30,32,35-38,40-41,43-47,49-50,52-59H2,1-3H3,(H,65,68)/b10-7-,19-16-,21-18-,28-25-,33-31-,34-27-,42-39-,51-48-. The average Bonchev–Trinajstić information content (AvgIpc) is 3.35. The SMILES string of the molecule is CC/C=C\C/C=C\C/C=C\C/C=C\C/C=C\C/C=C\CCC(=O)OC(CCCCCCC/C=C\C/C=C\CCCCC)CC(=O)NC(CO)C(O)CCCCCCCCCCCCCCCCCCC. The summed E-state index contributed by atoms with van der Waals surface area (Å²) >= 11 is 0. The van der Waals surface area contributed by atoms with Crippen molar-refractivity contribution in [1.82, 2.24) is 5.32 Å². The number of aliphatic hydroxyl groups excluding tert-OH is 2. The van der Waals surface area contributed by atoms with E-state index in [2.05, 4.69) is 117 Å². The van der Waals surface area contributed by atoms with Gasteiger partial charge in [0.25, 0.3) is 0 Å². The highest BCUT2D eigenvalue weighted by Gasteiger charge is 2.24. The molecule has 0 radical (unpaired) electrons. The monoisotopic (exact) mass is 974 g/mol. The molecule has 3 unspecified atom stereocenters. The normalized spacial score (nSPS) is 13.8. The van der Waals surface area contributed by atoms with Gasteiger partial charge in [-0.25, -0.2) is 0 Å². The lowest BCUT2D eigenvalue weighted by atomic mass is 10.0. The molecule has 3 atom stereocenters. The van der Waals surface area contributed by atoms with Crippen LogP contribution in [0.5, 0.6) is 0 Å². The quantitative estimate of drug-likeness (QED) is 0.0321. The Kier molecular flexibility index (Phi) is 54.1. The highest BCUT2D eigenvalue weighted by atomic mass is 16.5. The Morgan fingerprint density at radius 3 is 1.20 bits per heavy atom. The van der Waals surface area contributed by atoms with Gasteiger partial charge in [0.2, 0.25) is 5.91 Å². The minimum Gasteiger partial charge on any atom is -0.462 e. The minimum atomic E-state index is -0.811. The second-order valence-electron chi connectivity index (χ2n) is 19.7. The number of aliphatic hydroxyl groups is 2. The summed E-state index contributed by atoms with van der Waals surface area (Å²) in [5, 5.41) is 23.9. The van der Waals surface area contributed by atoms with E-state index in [-0.39, 0.29) is 31.3 Å². The summed E-state index contributed by atoms with van der Waals surface area (Å²) in [5.41, 5.74) is 0. The Bertz CT molecular complexity index is 1370. The molecule has 0 aliphatic carbocycles. The average molecular weight is 975 g/mol. The Balaban J connectivity index is 4.68. The fourth-order valence-corrected chi connectivity index (χ4v) is 8.49. The van der Waals surface area contributed by atoms with Crippen LogP contribution in [-0.2, 0) is 14.3 Å². The van der Waals surface area contributed by atoms with E-state index in [9.17, 15) is 19.8 Å². The number of nitrogens with one attached hydrogen (secondary N) is 1. The molecule has 6 heteroatoms. The van der Waals surface area contributed by atoms with Gasteiger partial charge in [-0.2, -0.15) is 0 Å². The van der Waals surface area contributed by atoms with E-state index in [1.807, 2.05) is 6.08 Å². The first-order valence-electron chi connectivity index (χ1n) is 29.5. The molecule has 0 spiro atoms. The summed E-state index contributed by atoms with van der Waals surface area (Å²) < 4.78 is 5.91. The van der Waals surface area contributed by atoms with Gasteiger partial charge in [0, 0.05) is 6.42 Å². The second-order valence-corrected chi connectivity index (χ2v) is 19.7. The molecule has 0 rings (SSSR count). The fraction of sp³-hybridized carbons (Fsp3) is 0.719. The van der Waals surface area contributed by atoms with Crippen molar-refractivity contribution < 1.29 is 24.5 Å². The minimum absolute atomic E-state index is 0.0336. The number of esters is 1. The molecule has 6 nitrogen and oxygen atoms in total. The van der Waals surface area contributed by atoms with E-state index in [1.54, 1.807) is 0 Å². The van der Waals surface area contributed by atoms with E-state index in [1.165, 1.54) is 116 Å². The number of carbonyl (C=O) groups excluding carboxylic acids is 2. The summed E-state index contributed by atoms with van der Waals surface area (Å²) in [5.74, 6) is -0.588. The van der Waals surface area contributed by atoms with E-state index < -0.39 is 18.2 Å². The first kappa shape index (κ1) is 66.8. The predicted octanol–water partition coefficient (Wildman–Crippen LogP) is 18.5. The number of ether oxygens (including phenoxy) is 1. The van der Waals surface area contributed by atoms with Crippen LogP contribution in [0.25, 0.3) is 0 Å². The van der Waals surface area contributed by atoms with Crippen molar-refractivity contribution in [1.29, 1.82) is 0 Å². The van der Waals surface area contributed by atoms with Gasteiger partial charge in [0.15, 0.2) is 0 Å². The van der Waals surface area contributed by atoms with E-state index in [0.29, 0.717) is 19.3 Å². The molecular formula is C64H111NO5. The van der Waals surface area contributed by atoms with Crippen LogP contribution in [0.2, 0.25) is 0 Å². The van der Waals surface area contributed by atoms with Crippen molar-refractivity contribution in [3.05, 3.63) is 97.2 Å². The van der Waals surface area contributed by atoms with Crippen molar-refractivity contribution in [2.45, 2.75) is 289 Å². The third-order valence-electron chi connectivity index (χ3n) is 12.9. The van der Waals surface area contributed by atoms with Gasteiger partial charge in [-0.05, 0) is 96.3 Å². The summed E-state index contributed by atoms with van der Waals surface area (Å²) in [4.78, 5) is 26.3. The summed E-state index contributed by atoms with van der Waals surface area (Å²) in [6.45, 7) is 6.35. The molecule has 0 saturated carbocycles. The molecule has 70 heavy (non-hydrogen) atoms. The van der Waals surface area contributed by atoms with E-state index >= 15 is 0 Å². The first-order valence-corrected chi connectivity index (χ1v) is 29.5. The molecule has 0 aromatic carbocycles. The molecule has 0 fully saturated rings. The van der Waals surface area contributed by atoms with Crippen molar-refractivity contribution in [2.75, 3.05) is 6.61 Å². The molecule has 0 heterocycles. The Hall–Kier alpha value is -3.22. The maximum atomic E-state index is 13.3. The summed E-state index contributed by atoms with van der Waals surface area (Å²) in [7, 11) is 0. The summed E-state index contributed by atoms with van der Waals surface area (Å²) in [6.07, 6.45) is 76.2. The van der Waals surface area contributed by atoms with Crippen LogP contribution in [0.3, 0.4) is 0 Å². The molecule has 0 aromatic rings. The zero-order valence-corrected chi connectivity index (χ0v) is 45.9. The molecule has 0 saturated heterocycles. The molecule has 0 aliphatic rings. The maximum Gasteiger partial charge on any atom is 0.306 e. The van der Waals surface area contributed by atoms with Crippen LogP contribution in [0.4, 0.5) is 0 Å². The highest BCUT2D eigenvalue weighted by molar-refractivity contribution is 5.77. The van der Waals surface area contributed by atoms with Crippen molar-refractivity contribution in [3.63, 3.8) is 0 Å². The number of rotatable bonds is 52. The lowest BCUT2D eigenvalue weighted by Crippen LogP contribution is -2.46. The van der Waals surface area contributed by atoms with Crippen molar-refractivity contribution >= 4 is 11.9 Å². The van der Waals surface area contributed by atoms with Crippen LogP contribution in [-0.4, -0.2) is 46.9 Å². The van der Waals surface area contributed by atoms with Gasteiger partial charge >= 0.3 is 5.97 Å². The predicted molar refractivity (Wildman–Crippen MR) is 305 cm³/mol. The fourth-order valence-electron chi connectivity index (χ4n) is 8.49. The highest BCUT2D eigenvalue weighted by Crippen LogP contribution is 2.18. The van der Waals surface area contributed by atoms with Crippen LogP contribution in [0.15, 0.2) is 97.2 Å². The van der Waals surface area contributed by atoms with Gasteiger partial charge in [-0.3, -0.25) is 9.59 Å². The van der Waals surface area contributed by atoms with E-state index in [0.717, 1.165) is 103 Å². The van der Waals surface area contributed by atoms with Crippen LogP contribution >= 0.6 is 0 Å². The van der Waals surface area contributed by atoms with Gasteiger partial charge in [-0.1, -0.05) is 259 Å². The lowest BCUT2D eigenvalue weighted by molar-refractivity contribution is -0.150. The van der Waals surface area contributed by atoms with Crippen molar-refractivity contribution in [3.8, 4) is 0 Å². The van der Waals surface area contributed by atoms with Gasteiger partial charge in [-0.15, -0.1) is 0 Å². The maximum absolute atomic E-state index is 13.3. The molecule has 1 amide bonds. The second kappa shape index (κ2) is 56.7. The zero-order valence-electron chi connectivity index (χ0n) is 45.9. The molecule has 3 N–H and O–H groups in total.